The number of carbonyl (C=O) groups is 1. The lowest BCUT2D eigenvalue weighted by Gasteiger charge is -2.37. The first-order valence-electron chi connectivity index (χ1n) is 5.03. The van der Waals surface area contributed by atoms with Gasteiger partial charge in [0.2, 0.25) is 0 Å². The maximum absolute atomic E-state index is 13.0. The lowest BCUT2D eigenvalue weighted by atomic mass is 9.95. The number of esters is 1. The fourth-order valence-electron chi connectivity index (χ4n) is 1.02. The second-order valence-corrected chi connectivity index (χ2v) is 3.73. The number of halogens is 8. The Labute approximate surface area is 107 Å². The Morgan fingerprint density at radius 3 is 1.80 bits per heavy atom. The van der Waals surface area contributed by atoms with Gasteiger partial charge in [0.05, 0.1) is 6.61 Å². The maximum Gasteiger partial charge on any atom is 0.410 e. The van der Waals surface area contributed by atoms with Crippen LogP contribution in [0.15, 0.2) is 0 Å². The summed E-state index contributed by atoms with van der Waals surface area (Å²) in [5, 5.41) is 8.37. The number of hydrogen-bond donors (Lipinski definition) is 1. The molecule has 0 saturated carbocycles. The maximum atomic E-state index is 13.0. The average Bonchev–Trinajstić information content (AvgIpc) is 2.28. The molecular weight excluding hydrogens is 308 g/mol. The zero-order valence-corrected chi connectivity index (χ0v) is 10.1. The molecule has 11 heteroatoms. The Kier molecular flexibility index (Phi) is 5.04. The second kappa shape index (κ2) is 5.34. The van der Waals surface area contributed by atoms with E-state index >= 15 is 0 Å². The van der Waals surface area contributed by atoms with Crippen molar-refractivity contribution in [3.63, 3.8) is 0 Å². The predicted molar refractivity (Wildman–Crippen MR) is 48.1 cm³/mol. The van der Waals surface area contributed by atoms with Crippen LogP contribution in [0.4, 0.5) is 35.1 Å². The van der Waals surface area contributed by atoms with Crippen molar-refractivity contribution in [1.29, 1.82) is 0 Å². The van der Waals surface area contributed by atoms with Crippen molar-refractivity contribution in [1.82, 2.24) is 0 Å². The summed E-state index contributed by atoms with van der Waals surface area (Å²) in [5.41, 5.74) is 0. The molecule has 3 nitrogen and oxygen atoms in total. The third-order valence-electron chi connectivity index (χ3n) is 2.29. The summed E-state index contributed by atoms with van der Waals surface area (Å²) in [6.45, 7) is -0.0264. The van der Waals surface area contributed by atoms with Gasteiger partial charge in [0.1, 0.15) is 0 Å². The van der Waals surface area contributed by atoms with Gasteiger partial charge < -0.3 is 9.84 Å². The van der Waals surface area contributed by atoms with Gasteiger partial charge in [0.15, 0.2) is 6.17 Å². The normalized spacial score (nSPS) is 18.4. The molecule has 2 unspecified atom stereocenters. The molecule has 120 valence electrons. The Bertz CT molecular complexity index is 366. The molecule has 0 aromatic rings. The number of carbonyl (C=O) groups excluding carboxylic acids is 1. The molecule has 0 fully saturated rings. The molecule has 0 bridgehead atoms. The van der Waals surface area contributed by atoms with E-state index < -0.39 is 42.4 Å². The molecule has 0 aromatic carbocycles. The van der Waals surface area contributed by atoms with Crippen molar-refractivity contribution < 1.29 is 49.8 Å². The fourth-order valence-corrected chi connectivity index (χ4v) is 1.02. The Morgan fingerprint density at radius 1 is 1.10 bits per heavy atom. The SMILES string of the molecule is CCOC(=O)C(F)(F)C(F)(F)C(F)(F)C(O)(F)C(C)F. The first-order chi connectivity index (χ1) is 8.67. The molecule has 0 aliphatic rings. The Balaban J connectivity index is 5.78. The number of ether oxygens (including phenoxy) is 1. The first kappa shape index (κ1) is 18.9. The van der Waals surface area contributed by atoms with Crippen LogP contribution in [-0.2, 0) is 9.53 Å². The molecule has 0 saturated heterocycles. The van der Waals surface area contributed by atoms with Crippen LogP contribution in [0.25, 0.3) is 0 Å². The van der Waals surface area contributed by atoms with Gasteiger partial charge in [0.25, 0.3) is 0 Å². The van der Waals surface area contributed by atoms with Gasteiger partial charge in [0, 0.05) is 0 Å². The first-order valence-corrected chi connectivity index (χ1v) is 5.03. The molecule has 0 aliphatic carbocycles. The standard InChI is InChI=1S/C9H10F8O3/c1-3-20-5(18)6(11,12)8(14,15)9(16,17)7(13,19)4(2)10/h4,19H,3H2,1-2H3. The van der Waals surface area contributed by atoms with E-state index in [-0.39, 0.29) is 6.92 Å². The molecule has 0 amide bonds. The summed E-state index contributed by atoms with van der Waals surface area (Å²) in [5.74, 6) is -28.2. The van der Waals surface area contributed by atoms with Crippen LogP contribution < -0.4 is 0 Å². The van der Waals surface area contributed by atoms with Crippen molar-refractivity contribution in [2.75, 3.05) is 6.61 Å². The number of rotatable bonds is 6. The number of alkyl halides is 8. The number of aliphatic hydroxyl groups is 1. The topological polar surface area (TPSA) is 46.5 Å². The van der Waals surface area contributed by atoms with Gasteiger partial charge >= 0.3 is 29.6 Å². The lowest BCUT2D eigenvalue weighted by Crippen LogP contribution is -2.68. The molecule has 1 N–H and O–H groups in total. The highest BCUT2D eigenvalue weighted by Gasteiger charge is 2.83. The minimum atomic E-state index is -6.73. The van der Waals surface area contributed by atoms with Gasteiger partial charge in [-0.1, -0.05) is 0 Å². The van der Waals surface area contributed by atoms with Crippen LogP contribution >= 0.6 is 0 Å². The third-order valence-corrected chi connectivity index (χ3v) is 2.29. The van der Waals surface area contributed by atoms with E-state index in [1.807, 2.05) is 0 Å². The summed E-state index contributed by atoms with van der Waals surface area (Å²) in [6.07, 6.45) is -3.64. The van der Waals surface area contributed by atoms with Gasteiger partial charge in [-0.05, 0) is 13.8 Å². The third kappa shape index (κ3) is 2.54. The predicted octanol–water partition coefficient (Wildman–Crippen LogP) is 2.47. The highest BCUT2D eigenvalue weighted by atomic mass is 19.3. The van der Waals surface area contributed by atoms with Crippen molar-refractivity contribution in [3.05, 3.63) is 0 Å². The van der Waals surface area contributed by atoms with Crippen molar-refractivity contribution in [2.45, 2.75) is 43.6 Å². The van der Waals surface area contributed by atoms with E-state index in [0.717, 1.165) is 6.92 Å². The smallest absolute Gasteiger partial charge is 0.410 e. The quantitative estimate of drug-likeness (QED) is 0.604. The fraction of sp³-hybridized carbons (Fsp3) is 0.889. The van der Waals surface area contributed by atoms with E-state index in [1.54, 1.807) is 0 Å². The number of hydrogen-bond acceptors (Lipinski definition) is 3. The molecular formula is C9H10F8O3. The molecule has 0 aliphatic heterocycles. The summed E-state index contributed by atoms with van der Waals surface area (Å²) in [6, 6.07) is 0. The highest BCUT2D eigenvalue weighted by Crippen LogP contribution is 2.52. The molecule has 2 atom stereocenters. The molecule has 0 heterocycles. The van der Waals surface area contributed by atoms with E-state index in [4.69, 9.17) is 5.11 Å². The van der Waals surface area contributed by atoms with Crippen LogP contribution in [0, 0.1) is 0 Å². The lowest BCUT2D eigenvalue weighted by molar-refractivity contribution is -0.386. The average molecular weight is 318 g/mol. The zero-order valence-electron chi connectivity index (χ0n) is 10.1. The van der Waals surface area contributed by atoms with E-state index in [1.165, 1.54) is 0 Å². The minimum absolute atomic E-state index is 0.0908. The molecule has 20 heavy (non-hydrogen) atoms. The van der Waals surface area contributed by atoms with E-state index in [2.05, 4.69) is 4.74 Å². The van der Waals surface area contributed by atoms with Crippen LogP contribution in [0.2, 0.25) is 0 Å². The summed E-state index contributed by atoms with van der Waals surface area (Å²) in [4.78, 5) is 10.6. The Morgan fingerprint density at radius 2 is 1.50 bits per heavy atom. The minimum Gasteiger partial charge on any atom is -0.461 e. The summed E-state index contributed by atoms with van der Waals surface area (Å²) < 4.78 is 107. The molecule has 0 spiro atoms. The van der Waals surface area contributed by atoms with Gasteiger partial charge in [-0.2, -0.15) is 26.3 Å². The van der Waals surface area contributed by atoms with Crippen LogP contribution in [0.3, 0.4) is 0 Å². The Hall–Kier alpha value is -1.13. The summed E-state index contributed by atoms with van der Waals surface area (Å²) in [7, 11) is 0. The summed E-state index contributed by atoms with van der Waals surface area (Å²) >= 11 is 0. The van der Waals surface area contributed by atoms with Crippen LogP contribution in [0.5, 0.6) is 0 Å². The van der Waals surface area contributed by atoms with Gasteiger partial charge in [-0.25, -0.2) is 13.6 Å². The largest absolute Gasteiger partial charge is 0.461 e. The monoisotopic (exact) mass is 318 g/mol. The highest BCUT2D eigenvalue weighted by molar-refractivity contribution is 5.79. The molecule has 0 rings (SSSR count). The van der Waals surface area contributed by atoms with Crippen LogP contribution in [0.1, 0.15) is 13.8 Å². The van der Waals surface area contributed by atoms with Crippen LogP contribution in [-0.4, -0.2) is 47.5 Å². The van der Waals surface area contributed by atoms with Crippen molar-refractivity contribution in [2.24, 2.45) is 0 Å². The van der Waals surface area contributed by atoms with Gasteiger partial charge in [-0.15, -0.1) is 0 Å². The molecule has 0 radical (unpaired) electrons. The van der Waals surface area contributed by atoms with Crippen molar-refractivity contribution >= 4 is 5.97 Å². The second-order valence-electron chi connectivity index (χ2n) is 3.73. The molecule has 0 aromatic heterocycles. The van der Waals surface area contributed by atoms with E-state index in [0.29, 0.717) is 0 Å². The van der Waals surface area contributed by atoms with E-state index in [9.17, 15) is 39.9 Å². The van der Waals surface area contributed by atoms with Gasteiger partial charge in [-0.3, -0.25) is 0 Å². The van der Waals surface area contributed by atoms with Crippen molar-refractivity contribution in [3.8, 4) is 0 Å². The zero-order chi connectivity index (χ0) is 16.6.